The van der Waals surface area contributed by atoms with Gasteiger partial charge in [-0.3, -0.25) is 4.79 Å². The zero-order valence-corrected chi connectivity index (χ0v) is 19.0. The van der Waals surface area contributed by atoms with Crippen molar-refractivity contribution in [3.8, 4) is 22.9 Å². The minimum atomic E-state index is -0.115. The minimum Gasteiger partial charge on any atom is -0.497 e. The van der Waals surface area contributed by atoms with Gasteiger partial charge in [0.2, 0.25) is 11.7 Å². The highest BCUT2D eigenvalue weighted by Crippen LogP contribution is 2.32. The van der Waals surface area contributed by atoms with Crippen LogP contribution in [0.2, 0.25) is 5.02 Å². The van der Waals surface area contributed by atoms with E-state index in [0.717, 1.165) is 16.9 Å². The van der Waals surface area contributed by atoms with Crippen LogP contribution >= 0.6 is 11.6 Å². The minimum absolute atomic E-state index is 0.0332. The second-order valence-electron chi connectivity index (χ2n) is 7.68. The van der Waals surface area contributed by atoms with Crippen molar-refractivity contribution >= 4 is 29.2 Å². The molecule has 8 nitrogen and oxygen atoms in total. The van der Waals surface area contributed by atoms with Gasteiger partial charge in [0, 0.05) is 35.7 Å². The van der Waals surface area contributed by atoms with Gasteiger partial charge in [0.05, 0.1) is 19.9 Å². The summed E-state index contributed by atoms with van der Waals surface area (Å²) in [5.41, 5.74) is 2.35. The number of carbonyl (C=O) groups is 1. The van der Waals surface area contributed by atoms with Crippen LogP contribution in [-0.4, -0.2) is 43.4 Å². The topological polar surface area (TPSA) is 89.7 Å². The Hall–Kier alpha value is -3.26. The molecule has 0 saturated carbocycles. The number of hydrogen-bond donors (Lipinski definition) is 1. The van der Waals surface area contributed by atoms with Gasteiger partial charge in [0.1, 0.15) is 11.5 Å². The van der Waals surface area contributed by atoms with Crippen molar-refractivity contribution in [2.75, 3.05) is 37.5 Å². The summed E-state index contributed by atoms with van der Waals surface area (Å²) in [6.45, 7) is 3.19. The van der Waals surface area contributed by atoms with Gasteiger partial charge < -0.3 is 24.2 Å². The molecule has 1 saturated heterocycles. The normalized spacial score (nSPS) is 14.3. The Labute approximate surface area is 191 Å². The van der Waals surface area contributed by atoms with Crippen molar-refractivity contribution in [1.82, 2.24) is 10.1 Å². The number of aryl methyl sites for hydroxylation is 1. The highest BCUT2D eigenvalue weighted by atomic mass is 35.5. The van der Waals surface area contributed by atoms with Gasteiger partial charge in [-0.05, 0) is 55.7 Å². The van der Waals surface area contributed by atoms with Crippen LogP contribution < -0.4 is 19.7 Å². The summed E-state index contributed by atoms with van der Waals surface area (Å²) in [7, 11) is 3.18. The smallest absolute Gasteiger partial charge is 0.324 e. The lowest BCUT2D eigenvalue weighted by molar-refractivity contribution is -0.120. The van der Waals surface area contributed by atoms with Crippen LogP contribution in [0.3, 0.4) is 0 Å². The van der Waals surface area contributed by atoms with Crippen LogP contribution in [0.25, 0.3) is 11.4 Å². The van der Waals surface area contributed by atoms with E-state index in [9.17, 15) is 4.79 Å². The first-order valence-corrected chi connectivity index (χ1v) is 10.7. The van der Waals surface area contributed by atoms with E-state index >= 15 is 0 Å². The average Bonchev–Trinajstić information content (AvgIpc) is 3.31. The molecular weight excluding hydrogens is 432 g/mol. The fraction of sp³-hybridized carbons (Fsp3) is 0.348. The summed E-state index contributed by atoms with van der Waals surface area (Å²) in [4.78, 5) is 19.4. The molecule has 0 unspecified atom stereocenters. The lowest BCUT2D eigenvalue weighted by atomic mass is 9.96. The number of methoxy groups -OCH3 is 2. The van der Waals surface area contributed by atoms with Gasteiger partial charge in [-0.1, -0.05) is 16.8 Å². The molecule has 32 heavy (non-hydrogen) atoms. The lowest BCUT2D eigenvalue weighted by Gasteiger charge is -2.29. The van der Waals surface area contributed by atoms with Crippen LogP contribution in [0, 0.1) is 12.8 Å². The number of nitrogens with zero attached hydrogens (tertiary/aromatic N) is 3. The summed E-state index contributed by atoms with van der Waals surface area (Å²) < 4.78 is 16.0. The molecule has 9 heteroatoms. The van der Waals surface area contributed by atoms with Crippen molar-refractivity contribution in [1.29, 1.82) is 0 Å². The Morgan fingerprint density at radius 3 is 2.53 bits per heavy atom. The average molecular weight is 457 g/mol. The van der Waals surface area contributed by atoms with Crippen LogP contribution in [0.1, 0.15) is 18.4 Å². The zero-order chi connectivity index (χ0) is 22.7. The first-order chi connectivity index (χ1) is 15.5. The predicted octanol–water partition coefficient (Wildman–Crippen LogP) is 4.57. The largest absolute Gasteiger partial charge is 0.497 e. The second-order valence-corrected chi connectivity index (χ2v) is 8.09. The molecule has 0 bridgehead atoms. The Balaban J connectivity index is 1.37. The Kier molecular flexibility index (Phi) is 6.50. The van der Waals surface area contributed by atoms with E-state index in [-0.39, 0.29) is 11.8 Å². The first kappa shape index (κ1) is 22.0. The molecule has 1 aromatic heterocycles. The maximum atomic E-state index is 12.8. The summed E-state index contributed by atoms with van der Waals surface area (Å²) in [5, 5.41) is 7.67. The maximum absolute atomic E-state index is 12.8. The predicted molar refractivity (Wildman–Crippen MR) is 123 cm³/mol. The molecule has 0 atom stereocenters. The quantitative estimate of drug-likeness (QED) is 0.581. The van der Waals surface area contributed by atoms with E-state index in [1.165, 1.54) is 0 Å². The molecule has 2 heterocycles. The van der Waals surface area contributed by atoms with E-state index < -0.39 is 0 Å². The highest BCUT2D eigenvalue weighted by molar-refractivity contribution is 6.31. The van der Waals surface area contributed by atoms with Gasteiger partial charge in [-0.25, -0.2) is 0 Å². The molecule has 168 valence electrons. The maximum Gasteiger partial charge on any atom is 0.324 e. The van der Waals surface area contributed by atoms with Crippen LogP contribution in [0.5, 0.6) is 11.5 Å². The van der Waals surface area contributed by atoms with Crippen LogP contribution in [0.4, 0.5) is 11.7 Å². The van der Waals surface area contributed by atoms with Gasteiger partial charge in [0.15, 0.2) is 0 Å². The van der Waals surface area contributed by atoms with Gasteiger partial charge >= 0.3 is 6.01 Å². The lowest BCUT2D eigenvalue weighted by Crippen LogP contribution is -2.38. The number of rotatable bonds is 6. The van der Waals surface area contributed by atoms with Crippen molar-refractivity contribution in [2.24, 2.45) is 5.92 Å². The fourth-order valence-corrected chi connectivity index (χ4v) is 3.85. The highest BCUT2D eigenvalue weighted by Gasteiger charge is 2.28. The standard InChI is InChI=1S/C23H25ClN4O4/c1-14-12-19(20(31-3)13-18(14)24)25-22(29)16-8-10-28(11-9-16)23-26-21(27-32-23)15-4-6-17(30-2)7-5-15/h4-7,12-13,16H,8-11H2,1-3H3,(H,25,29). The molecule has 0 aliphatic carbocycles. The molecule has 1 fully saturated rings. The molecule has 1 N–H and O–H groups in total. The summed E-state index contributed by atoms with van der Waals surface area (Å²) >= 11 is 6.15. The summed E-state index contributed by atoms with van der Waals surface area (Å²) in [6.07, 6.45) is 1.36. The van der Waals surface area contributed by atoms with Crippen molar-refractivity contribution in [2.45, 2.75) is 19.8 Å². The molecule has 2 aromatic carbocycles. The molecule has 1 amide bonds. The number of anilines is 2. The van der Waals surface area contributed by atoms with Crippen molar-refractivity contribution in [3.05, 3.63) is 47.0 Å². The number of aromatic nitrogens is 2. The fourth-order valence-electron chi connectivity index (χ4n) is 3.70. The molecule has 1 aliphatic rings. The molecule has 0 radical (unpaired) electrons. The number of carbonyl (C=O) groups excluding carboxylic acids is 1. The van der Waals surface area contributed by atoms with E-state index in [2.05, 4.69) is 15.5 Å². The third-order valence-corrected chi connectivity index (χ3v) is 6.05. The number of hydrogen-bond acceptors (Lipinski definition) is 7. The summed E-state index contributed by atoms with van der Waals surface area (Å²) in [5.74, 6) is 1.69. The van der Waals surface area contributed by atoms with Crippen LogP contribution in [0.15, 0.2) is 40.9 Å². The van der Waals surface area contributed by atoms with E-state index in [1.807, 2.05) is 42.2 Å². The molecular formula is C23H25ClN4O4. The van der Waals surface area contributed by atoms with E-state index in [1.54, 1.807) is 20.3 Å². The van der Waals surface area contributed by atoms with Gasteiger partial charge in [-0.2, -0.15) is 4.98 Å². The van der Waals surface area contributed by atoms with E-state index in [0.29, 0.717) is 54.2 Å². The van der Waals surface area contributed by atoms with E-state index in [4.69, 9.17) is 25.6 Å². The van der Waals surface area contributed by atoms with Gasteiger partial charge in [-0.15, -0.1) is 0 Å². The third-order valence-electron chi connectivity index (χ3n) is 5.64. The number of ether oxygens (including phenoxy) is 2. The molecule has 3 aromatic rings. The monoisotopic (exact) mass is 456 g/mol. The Bertz CT molecular complexity index is 1090. The van der Waals surface area contributed by atoms with Crippen LogP contribution in [-0.2, 0) is 4.79 Å². The Morgan fingerprint density at radius 2 is 1.88 bits per heavy atom. The second kappa shape index (κ2) is 9.48. The molecule has 4 rings (SSSR count). The Morgan fingerprint density at radius 1 is 1.16 bits per heavy atom. The first-order valence-electron chi connectivity index (χ1n) is 10.4. The zero-order valence-electron chi connectivity index (χ0n) is 18.2. The number of benzene rings is 2. The SMILES string of the molecule is COc1ccc(-c2noc(N3CCC(C(=O)Nc4cc(C)c(Cl)cc4OC)CC3)n2)cc1. The van der Waals surface area contributed by atoms with Gasteiger partial charge in [0.25, 0.3) is 0 Å². The number of nitrogens with one attached hydrogen (secondary N) is 1. The van der Waals surface area contributed by atoms with Crippen molar-refractivity contribution in [3.63, 3.8) is 0 Å². The van der Waals surface area contributed by atoms with Crippen molar-refractivity contribution < 1.29 is 18.8 Å². The third kappa shape index (κ3) is 4.65. The number of amides is 1. The molecule has 0 spiro atoms. The number of piperidine rings is 1. The number of halogens is 1. The molecule has 1 aliphatic heterocycles. The summed E-state index contributed by atoms with van der Waals surface area (Å²) in [6, 6.07) is 11.5.